The summed E-state index contributed by atoms with van der Waals surface area (Å²) in [5.74, 6) is 0.945. The fraction of sp³-hybridized carbons (Fsp3) is 0.744. The maximum atomic E-state index is 11.6. The quantitative estimate of drug-likeness (QED) is 0.0463. The van der Waals surface area contributed by atoms with Crippen molar-refractivity contribution >= 4 is 48.8 Å². The van der Waals surface area contributed by atoms with E-state index >= 15 is 0 Å². The SMILES string of the molecule is C1CCOC1.CC(C)(C)OC(=O)NC1CC(=O)C1.CC(C)(C)OC(=O)NC1CC(O)C1.CC(C)(C)OC(=O)NC1CC(n2cc(C=O)cn2)C1.CC(O)c1cnn(C2CC(N)C2)c1.CC(O)c1cnn(C2CC(NC(=O)OC(C)(C)C)C2)c1.CC1CC(NC(=O)OC(C)(C)C)C1.CCO.O=Cc1cn[nH]c1.[2H]CC.[2H]CC. The smallest absolute Gasteiger partial charge is 0.407 e. The van der Waals surface area contributed by atoms with Gasteiger partial charge in [0.15, 0.2) is 12.6 Å². The second-order valence-corrected chi connectivity index (χ2v) is 32.5. The molecule has 0 aromatic carbocycles. The number of aliphatic hydroxyl groups is 4. The number of carbonyl (C=O) groups excluding carboxylic acids is 8. The fourth-order valence-corrected chi connectivity index (χ4v) is 10.4. The Morgan fingerprint density at radius 2 is 0.864 bits per heavy atom. The van der Waals surface area contributed by atoms with E-state index < -0.39 is 46.8 Å². The lowest BCUT2D eigenvalue weighted by Crippen LogP contribution is -2.48. The minimum absolute atomic E-state index is 0.0117. The van der Waals surface area contributed by atoms with Crippen LogP contribution in [0, 0.1) is 5.92 Å². The molecule has 7 aliphatic rings. The summed E-state index contributed by atoms with van der Waals surface area (Å²) < 4.78 is 48.5. The molecule has 1 saturated heterocycles. The van der Waals surface area contributed by atoms with E-state index in [-0.39, 0.29) is 78.6 Å². The molecule has 2 atom stereocenters. The van der Waals surface area contributed by atoms with Crippen LogP contribution in [0.2, 0.25) is 0 Å². The van der Waals surface area contributed by atoms with Gasteiger partial charge in [0.05, 0.1) is 72.4 Å². The Hall–Kier alpha value is -8.04. The lowest BCUT2D eigenvalue weighted by molar-refractivity contribution is -0.125. The number of hydrogen-bond donors (Lipinski definition) is 11. The molecule has 6 saturated carbocycles. The number of alkyl carbamates (subject to hydrolysis) is 5. The first kappa shape index (κ1) is 96.2. The van der Waals surface area contributed by atoms with Gasteiger partial charge in [0, 0.05) is 108 Å². The molecule has 0 bridgehead atoms. The first-order valence-electron chi connectivity index (χ1n) is 39.5. The highest BCUT2D eigenvalue weighted by Crippen LogP contribution is 2.35. The van der Waals surface area contributed by atoms with Crippen LogP contribution >= 0.6 is 0 Å². The fourth-order valence-electron chi connectivity index (χ4n) is 10.4. The van der Waals surface area contributed by atoms with Crippen molar-refractivity contribution in [2.45, 2.75) is 350 Å². The van der Waals surface area contributed by atoms with Crippen molar-refractivity contribution in [2.75, 3.05) is 19.8 Å². The van der Waals surface area contributed by atoms with Gasteiger partial charge in [0.25, 0.3) is 0 Å². The van der Waals surface area contributed by atoms with Crippen molar-refractivity contribution < 1.29 is 89.9 Å². The zero-order valence-corrected chi connectivity index (χ0v) is 69.4. The Labute approximate surface area is 655 Å². The Morgan fingerprint density at radius 3 is 1.10 bits per heavy atom. The molecule has 6 aliphatic carbocycles. The summed E-state index contributed by atoms with van der Waals surface area (Å²) in [4.78, 5) is 87.6. The third-order valence-corrected chi connectivity index (χ3v) is 16.0. The van der Waals surface area contributed by atoms with Crippen molar-refractivity contribution in [3.8, 4) is 0 Å². The summed E-state index contributed by atoms with van der Waals surface area (Å²) in [7, 11) is 0. The van der Waals surface area contributed by atoms with Gasteiger partial charge < -0.3 is 81.2 Å². The van der Waals surface area contributed by atoms with E-state index in [0.717, 1.165) is 94.2 Å². The number of aliphatic hydroxyl groups excluding tert-OH is 4. The molecule has 32 heteroatoms. The molecule has 2 unspecified atom stereocenters. The summed E-state index contributed by atoms with van der Waals surface area (Å²) in [5.41, 5.74) is 6.26. The van der Waals surface area contributed by atoms with Gasteiger partial charge in [-0.3, -0.25) is 33.5 Å². The Balaban J connectivity index is 0.000000642. The normalized spacial score (nSPS) is 22.5. The maximum absolute atomic E-state index is 11.6. The molecule has 5 heterocycles. The van der Waals surface area contributed by atoms with Gasteiger partial charge in [-0.2, -0.15) is 20.4 Å². The first-order valence-corrected chi connectivity index (χ1v) is 38.1. The zero-order chi connectivity index (χ0) is 85.3. The van der Waals surface area contributed by atoms with Gasteiger partial charge in [-0.15, -0.1) is 0 Å². The van der Waals surface area contributed by atoms with Crippen LogP contribution in [-0.4, -0.2) is 199 Å². The third kappa shape index (κ3) is 44.7. The standard InChI is InChI=1S/C14H23N3O3.C13H19N3O3.C10H19NO2.C9H15N3O.C9H17NO3.C9H15NO3.C4H4N2O.C4H8O.C2H6O.2C2H6/c1-9(18)10-7-15-17(8-10)12-5-11(6-12)16-13(19)20-14(2,3)4;1-13(2,3)19-12(18)15-10-4-11(5-10)16-7-9(8-17)6-14-16;1-7-5-8(6-7)11-9(12)13-10(2,3)4;1-6(13)7-4-11-12(5-7)9-2-8(10)3-9;2*1-9(2,3)13-8(12)10-6-4-7(11)5-6;7-3-4-1-5-6-2-4;1-2-4-5-3-1;1-2-3;2*1-2/h7-9,11-12,18H,5-6H2,1-4H3,(H,16,19);6-8,10-11H,4-5H2,1-3H3,(H,15,18);7-8H,5-6H2,1-4H3,(H,11,12);4-6,8-9,13H,2-3,10H2,1H3;6-7,11H,4-5H2,1-3H3,(H,10,12);6H,4-5H2,1-3H3,(H,10,12);1-3H,(H,5,6);1-4H2;3H,2H2,1H3;2*1-2H3/i;;;;;;;;;2*1D. The van der Waals surface area contributed by atoms with Crippen molar-refractivity contribution in [3.05, 3.63) is 71.8 Å². The average molecular weight is 1560 g/mol. The second kappa shape index (κ2) is 49.4. The molecular weight excluding hydrogens is 1420 g/mol. The topological polar surface area (TPSA) is 441 Å². The molecule has 628 valence electrons. The van der Waals surface area contributed by atoms with Crippen LogP contribution in [0.5, 0.6) is 0 Å². The van der Waals surface area contributed by atoms with Gasteiger partial charge in [0.1, 0.15) is 33.8 Å². The summed E-state index contributed by atoms with van der Waals surface area (Å²) >= 11 is 0. The van der Waals surface area contributed by atoms with E-state index in [1.165, 1.54) is 25.2 Å². The number of aromatic nitrogens is 8. The monoisotopic (exact) mass is 1560 g/mol. The van der Waals surface area contributed by atoms with Gasteiger partial charge in [0.2, 0.25) is 0 Å². The molecule has 4 aromatic rings. The number of aldehydes is 2. The number of Topliss-reactive ketones (excluding diaryl/α,β-unsaturated/α-hetero) is 1. The van der Waals surface area contributed by atoms with Crippen LogP contribution in [0.1, 0.15) is 314 Å². The summed E-state index contributed by atoms with van der Waals surface area (Å²) in [6, 6.07) is 1.97. The number of H-pyrrole nitrogens is 1. The van der Waals surface area contributed by atoms with E-state index in [0.29, 0.717) is 68.7 Å². The molecule has 4 aromatic heterocycles. The number of nitrogens with two attached hydrogens (primary N) is 1. The van der Waals surface area contributed by atoms with E-state index in [1.54, 1.807) is 84.9 Å². The number of ether oxygens (including phenoxy) is 6. The van der Waals surface area contributed by atoms with Crippen LogP contribution in [-0.2, 0) is 33.2 Å². The molecule has 5 amide bonds. The molecule has 0 radical (unpaired) electrons. The molecule has 11 rings (SSSR count). The maximum Gasteiger partial charge on any atom is 0.407 e. The first-order chi connectivity index (χ1) is 52.1. The number of amides is 5. The highest BCUT2D eigenvalue weighted by Gasteiger charge is 2.36. The van der Waals surface area contributed by atoms with Crippen LogP contribution in [0.4, 0.5) is 24.0 Å². The van der Waals surface area contributed by atoms with Gasteiger partial charge >= 0.3 is 30.5 Å². The number of nitrogens with zero attached hydrogens (tertiary/aromatic N) is 7. The predicted octanol–water partition coefficient (Wildman–Crippen LogP) is 12.3. The molecule has 7 fully saturated rings. The van der Waals surface area contributed by atoms with Crippen LogP contribution in [0.3, 0.4) is 0 Å². The number of ketones is 1. The minimum Gasteiger partial charge on any atom is -0.444 e. The summed E-state index contributed by atoms with van der Waals surface area (Å²) in [6.07, 6.45) is 24.0. The van der Waals surface area contributed by atoms with Crippen molar-refractivity contribution in [1.82, 2.24) is 66.1 Å². The number of aromatic amines is 1. The second-order valence-electron chi connectivity index (χ2n) is 32.5. The third-order valence-electron chi connectivity index (χ3n) is 16.0. The largest absolute Gasteiger partial charge is 0.444 e. The molecular formula is C78H138N14O18. The number of nitrogens with one attached hydrogen (secondary N) is 6. The number of carbonyl (C=O) groups is 8. The van der Waals surface area contributed by atoms with Crippen LogP contribution in [0.25, 0.3) is 0 Å². The average Bonchev–Trinajstić information content (AvgIpc) is 1.77. The van der Waals surface area contributed by atoms with Gasteiger partial charge in [-0.25, -0.2) is 24.0 Å². The highest BCUT2D eigenvalue weighted by atomic mass is 16.6. The molecule has 12 N–H and O–H groups in total. The Bertz CT molecular complexity index is 3220. The van der Waals surface area contributed by atoms with Crippen molar-refractivity contribution in [2.24, 2.45) is 11.7 Å². The van der Waals surface area contributed by atoms with E-state index in [2.05, 4.69) is 59.0 Å². The van der Waals surface area contributed by atoms with Crippen LogP contribution in [0.15, 0.2) is 49.6 Å². The molecule has 0 spiro atoms. The lowest BCUT2D eigenvalue weighted by atomic mass is 9.82. The zero-order valence-electron chi connectivity index (χ0n) is 71.4. The summed E-state index contributed by atoms with van der Waals surface area (Å²) in [5, 5.41) is 67.7. The van der Waals surface area contributed by atoms with Crippen LogP contribution < -0.4 is 32.3 Å². The molecule has 110 heavy (non-hydrogen) atoms. The van der Waals surface area contributed by atoms with Crippen molar-refractivity contribution in [1.29, 1.82) is 0 Å². The predicted molar refractivity (Wildman–Crippen MR) is 419 cm³/mol. The summed E-state index contributed by atoms with van der Waals surface area (Å²) in [6.45, 7) is 41.7. The molecule has 32 nitrogen and oxygen atoms in total. The van der Waals surface area contributed by atoms with E-state index in [4.69, 9.17) is 47.1 Å². The van der Waals surface area contributed by atoms with E-state index in [1.807, 2.05) is 105 Å². The number of rotatable bonds is 12. The minimum atomic E-state index is -0.500. The lowest BCUT2D eigenvalue weighted by Gasteiger charge is -2.36. The molecule has 1 aliphatic heterocycles. The van der Waals surface area contributed by atoms with Crippen molar-refractivity contribution in [3.63, 3.8) is 0 Å². The van der Waals surface area contributed by atoms with E-state index in [9.17, 15) is 48.6 Å². The highest BCUT2D eigenvalue weighted by molar-refractivity contribution is 5.87. The number of hydrogen-bond acceptors (Lipinski definition) is 23. The van der Waals surface area contributed by atoms with Gasteiger partial charge in [-0.1, -0.05) is 34.6 Å². The Morgan fingerprint density at radius 1 is 0.555 bits per heavy atom. The Kier molecular flexibility index (Phi) is 43.1. The van der Waals surface area contributed by atoms with Gasteiger partial charge in [-0.05, 0) is 208 Å².